The fourth-order valence-corrected chi connectivity index (χ4v) is 2.66. The molecule has 5 nitrogen and oxygen atoms in total. The number of benzene rings is 2. The van der Waals surface area contributed by atoms with E-state index in [1.165, 1.54) is 0 Å². The zero-order chi connectivity index (χ0) is 16.2. The van der Waals surface area contributed by atoms with Crippen LogP contribution >= 0.6 is 0 Å². The highest BCUT2D eigenvalue weighted by Gasteiger charge is 2.33. The number of ether oxygens (including phenoxy) is 1. The van der Waals surface area contributed by atoms with Crippen LogP contribution in [0.3, 0.4) is 0 Å². The average molecular weight is 310 g/mol. The number of para-hydroxylation sites is 1. The molecule has 1 aliphatic heterocycles. The number of anilines is 1. The van der Waals surface area contributed by atoms with Gasteiger partial charge in [-0.05, 0) is 42.8 Å². The van der Waals surface area contributed by atoms with Crippen LogP contribution in [0, 0.1) is 0 Å². The molecule has 118 valence electrons. The molecule has 1 fully saturated rings. The Kier molecular flexibility index (Phi) is 4.28. The Morgan fingerprint density at radius 3 is 2.48 bits per heavy atom. The lowest BCUT2D eigenvalue weighted by atomic mass is 10.1. The van der Waals surface area contributed by atoms with Gasteiger partial charge in [0.1, 0.15) is 11.8 Å². The van der Waals surface area contributed by atoms with Crippen molar-refractivity contribution in [3.8, 4) is 5.75 Å². The molecule has 1 saturated heterocycles. The molecule has 0 bridgehead atoms. The maximum Gasteiger partial charge on any atom is 0.251 e. The fourth-order valence-electron chi connectivity index (χ4n) is 2.66. The van der Waals surface area contributed by atoms with Crippen molar-refractivity contribution in [3.63, 3.8) is 0 Å². The first-order valence-electron chi connectivity index (χ1n) is 7.50. The van der Waals surface area contributed by atoms with Crippen LogP contribution < -0.4 is 15.0 Å². The van der Waals surface area contributed by atoms with E-state index in [-0.39, 0.29) is 11.8 Å². The van der Waals surface area contributed by atoms with Gasteiger partial charge in [-0.15, -0.1) is 0 Å². The van der Waals surface area contributed by atoms with E-state index in [0.29, 0.717) is 24.3 Å². The molecule has 1 N–H and O–H groups in total. The van der Waals surface area contributed by atoms with Gasteiger partial charge < -0.3 is 15.0 Å². The zero-order valence-electron chi connectivity index (χ0n) is 12.9. The van der Waals surface area contributed by atoms with E-state index in [1.807, 2.05) is 30.3 Å². The van der Waals surface area contributed by atoms with E-state index in [2.05, 4.69) is 5.32 Å². The molecule has 2 amide bonds. The number of methoxy groups -OCH3 is 1. The van der Waals surface area contributed by atoms with Crippen molar-refractivity contribution < 1.29 is 14.3 Å². The largest absolute Gasteiger partial charge is 0.497 e. The summed E-state index contributed by atoms with van der Waals surface area (Å²) in [6.07, 6.45) is 0.607. The smallest absolute Gasteiger partial charge is 0.251 e. The van der Waals surface area contributed by atoms with Gasteiger partial charge in [0.05, 0.1) is 7.11 Å². The minimum atomic E-state index is -0.482. The van der Waals surface area contributed by atoms with Gasteiger partial charge in [-0.2, -0.15) is 0 Å². The van der Waals surface area contributed by atoms with E-state index in [0.717, 1.165) is 5.69 Å². The number of carbonyl (C=O) groups excluding carboxylic acids is 2. The van der Waals surface area contributed by atoms with E-state index >= 15 is 0 Å². The molecular formula is C18H18N2O3. The second-order valence-corrected chi connectivity index (χ2v) is 5.37. The summed E-state index contributed by atoms with van der Waals surface area (Å²) in [4.78, 5) is 26.4. The van der Waals surface area contributed by atoms with Gasteiger partial charge in [-0.3, -0.25) is 9.59 Å². The standard InChI is InChI=1S/C18H18N2O3/c1-23-15-9-7-13(8-10-15)17(21)19-16-11-12-20(18(16)22)14-5-3-2-4-6-14/h2-10,16H,11-12H2,1H3,(H,19,21). The average Bonchev–Trinajstić information content (AvgIpc) is 2.96. The normalized spacial score (nSPS) is 17.2. The molecule has 0 saturated carbocycles. The molecule has 2 aromatic rings. The van der Waals surface area contributed by atoms with E-state index < -0.39 is 6.04 Å². The quantitative estimate of drug-likeness (QED) is 0.942. The molecule has 5 heteroatoms. The van der Waals surface area contributed by atoms with Crippen molar-refractivity contribution >= 4 is 17.5 Å². The predicted octanol–water partition coefficient (Wildman–Crippen LogP) is 2.23. The third-order valence-electron chi connectivity index (χ3n) is 3.93. The second-order valence-electron chi connectivity index (χ2n) is 5.37. The molecule has 0 aliphatic carbocycles. The van der Waals surface area contributed by atoms with Crippen LogP contribution in [-0.4, -0.2) is 31.5 Å². The highest BCUT2D eigenvalue weighted by Crippen LogP contribution is 2.21. The van der Waals surface area contributed by atoms with Gasteiger partial charge in [0, 0.05) is 17.8 Å². The van der Waals surface area contributed by atoms with Crippen LogP contribution in [0.5, 0.6) is 5.75 Å². The first-order valence-corrected chi connectivity index (χ1v) is 7.50. The van der Waals surface area contributed by atoms with Crippen LogP contribution in [-0.2, 0) is 4.79 Å². The van der Waals surface area contributed by atoms with Crippen molar-refractivity contribution in [1.29, 1.82) is 0 Å². The predicted molar refractivity (Wildman–Crippen MR) is 87.7 cm³/mol. The number of amides is 2. The number of rotatable bonds is 4. The molecule has 0 radical (unpaired) electrons. The molecule has 0 spiro atoms. The summed E-state index contributed by atoms with van der Waals surface area (Å²) in [5.74, 6) is 0.368. The Bertz CT molecular complexity index is 698. The third-order valence-corrected chi connectivity index (χ3v) is 3.93. The van der Waals surface area contributed by atoms with Crippen LogP contribution in [0.1, 0.15) is 16.8 Å². The van der Waals surface area contributed by atoms with Crippen molar-refractivity contribution in [1.82, 2.24) is 5.32 Å². The Labute approximate surface area is 134 Å². The summed E-state index contributed by atoms with van der Waals surface area (Å²) >= 11 is 0. The number of nitrogens with zero attached hydrogens (tertiary/aromatic N) is 1. The minimum absolute atomic E-state index is 0.0712. The molecular weight excluding hydrogens is 292 g/mol. The van der Waals surface area contributed by atoms with Crippen molar-refractivity contribution in [2.24, 2.45) is 0 Å². The van der Waals surface area contributed by atoms with E-state index in [9.17, 15) is 9.59 Å². The Morgan fingerprint density at radius 2 is 1.83 bits per heavy atom. The Balaban J connectivity index is 1.66. The van der Waals surface area contributed by atoms with Crippen molar-refractivity contribution in [2.75, 3.05) is 18.6 Å². The van der Waals surface area contributed by atoms with Gasteiger partial charge in [0.2, 0.25) is 5.91 Å². The molecule has 3 rings (SSSR count). The first kappa shape index (κ1) is 15.1. The van der Waals surface area contributed by atoms with Crippen LogP contribution in [0.25, 0.3) is 0 Å². The van der Waals surface area contributed by atoms with Gasteiger partial charge >= 0.3 is 0 Å². The highest BCUT2D eigenvalue weighted by atomic mass is 16.5. The van der Waals surface area contributed by atoms with Crippen molar-refractivity contribution in [2.45, 2.75) is 12.5 Å². The molecule has 1 aliphatic rings. The minimum Gasteiger partial charge on any atom is -0.497 e. The first-order chi connectivity index (χ1) is 11.2. The van der Waals surface area contributed by atoms with E-state index in [4.69, 9.17) is 4.74 Å². The zero-order valence-corrected chi connectivity index (χ0v) is 12.9. The van der Waals surface area contributed by atoms with Crippen molar-refractivity contribution in [3.05, 3.63) is 60.2 Å². The fraction of sp³-hybridized carbons (Fsp3) is 0.222. The summed E-state index contributed by atoms with van der Waals surface area (Å²) in [5, 5.41) is 2.81. The molecule has 0 aromatic heterocycles. The third kappa shape index (κ3) is 3.18. The van der Waals surface area contributed by atoms with Gasteiger partial charge in [0.25, 0.3) is 5.91 Å². The lowest BCUT2D eigenvalue weighted by Crippen LogP contribution is -2.41. The van der Waals surface area contributed by atoms with Gasteiger partial charge in [-0.1, -0.05) is 18.2 Å². The monoisotopic (exact) mass is 310 g/mol. The second kappa shape index (κ2) is 6.52. The maximum absolute atomic E-state index is 12.5. The summed E-state index contributed by atoms with van der Waals surface area (Å²) in [6.45, 7) is 0.608. The summed E-state index contributed by atoms with van der Waals surface area (Å²) in [6, 6.07) is 15.8. The molecule has 23 heavy (non-hydrogen) atoms. The number of hydrogen-bond acceptors (Lipinski definition) is 3. The number of nitrogens with one attached hydrogen (secondary N) is 1. The lowest BCUT2D eigenvalue weighted by Gasteiger charge is -2.17. The summed E-state index contributed by atoms with van der Waals surface area (Å²) < 4.78 is 5.07. The SMILES string of the molecule is COc1ccc(C(=O)NC2CCN(c3ccccc3)C2=O)cc1. The number of hydrogen-bond donors (Lipinski definition) is 1. The van der Waals surface area contributed by atoms with E-state index in [1.54, 1.807) is 36.3 Å². The maximum atomic E-state index is 12.5. The van der Waals surface area contributed by atoms with Crippen LogP contribution in [0.15, 0.2) is 54.6 Å². The molecule has 2 aromatic carbocycles. The molecule has 1 unspecified atom stereocenters. The highest BCUT2D eigenvalue weighted by molar-refractivity contribution is 6.03. The topological polar surface area (TPSA) is 58.6 Å². The van der Waals surface area contributed by atoms with Gasteiger partial charge in [0.15, 0.2) is 0 Å². The molecule has 1 heterocycles. The number of carbonyl (C=O) groups is 2. The summed E-state index contributed by atoms with van der Waals surface area (Å²) in [7, 11) is 1.57. The summed E-state index contributed by atoms with van der Waals surface area (Å²) in [5.41, 5.74) is 1.37. The van der Waals surface area contributed by atoms with Crippen LogP contribution in [0.4, 0.5) is 5.69 Å². The molecule has 1 atom stereocenters. The van der Waals surface area contributed by atoms with Crippen LogP contribution in [0.2, 0.25) is 0 Å². The van der Waals surface area contributed by atoms with Gasteiger partial charge in [-0.25, -0.2) is 0 Å². The lowest BCUT2D eigenvalue weighted by molar-refractivity contribution is -0.118. The Morgan fingerprint density at radius 1 is 1.13 bits per heavy atom. The Hall–Kier alpha value is -2.82.